The first kappa shape index (κ1) is 19.3. The molecule has 1 aromatic heterocycles. The van der Waals surface area contributed by atoms with Crippen LogP contribution in [0.5, 0.6) is 11.6 Å². The lowest BCUT2D eigenvalue weighted by Crippen LogP contribution is -2.43. The summed E-state index contributed by atoms with van der Waals surface area (Å²) in [5.74, 6) is -1.44. The zero-order valence-electron chi connectivity index (χ0n) is 16.0. The largest absolute Gasteiger partial charge is 0.496 e. The predicted octanol–water partition coefficient (Wildman–Crippen LogP) is 0.350. The van der Waals surface area contributed by atoms with Crippen molar-refractivity contribution in [3.05, 3.63) is 67.7 Å². The van der Waals surface area contributed by atoms with Gasteiger partial charge in [0.1, 0.15) is 11.3 Å². The number of para-hydroxylation sites is 1. The van der Waals surface area contributed by atoms with E-state index in [9.17, 15) is 14.4 Å². The van der Waals surface area contributed by atoms with E-state index in [4.69, 9.17) is 19.9 Å². The fourth-order valence-corrected chi connectivity index (χ4v) is 3.31. The standard InChI is InChI=1S/C19H21N3O6/c1-5-27-18(24)13-12(10-8-6-7-9-11(10)26-4)14-16(23)21(2)19(25)22(3)17(14)28-15(13)20/h6-9,12H,5,20H2,1-4H3/t12-/m1/s1. The first-order chi connectivity index (χ1) is 13.3. The molecule has 0 spiro atoms. The van der Waals surface area contributed by atoms with Crippen LogP contribution in [-0.2, 0) is 23.6 Å². The molecular weight excluding hydrogens is 366 g/mol. The fraction of sp³-hybridized carbons (Fsp3) is 0.316. The number of ether oxygens (including phenoxy) is 3. The van der Waals surface area contributed by atoms with Gasteiger partial charge in [-0.25, -0.2) is 9.59 Å². The molecule has 28 heavy (non-hydrogen) atoms. The Labute approximate surface area is 160 Å². The van der Waals surface area contributed by atoms with Crippen LogP contribution in [0.25, 0.3) is 0 Å². The highest BCUT2D eigenvalue weighted by atomic mass is 16.5. The van der Waals surface area contributed by atoms with E-state index in [0.29, 0.717) is 11.3 Å². The van der Waals surface area contributed by atoms with Gasteiger partial charge >= 0.3 is 11.7 Å². The summed E-state index contributed by atoms with van der Waals surface area (Å²) < 4.78 is 18.2. The van der Waals surface area contributed by atoms with Gasteiger partial charge < -0.3 is 19.9 Å². The topological polar surface area (TPSA) is 115 Å². The van der Waals surface area contributed by atoms with Crippen molar-refractivity contribution >= 4 is 5.97 Å². The Hall–Kier alpha value is -3.49. The molecule has 9 heteroatoms. The van der Waals surface area contributed by atoms with Crippen LogP contribution >= 0.6 is 0 Å². The maximum Gasteiger partial charge on any atom is 0.340 e. The third-order valence-corrected chi connectivity index (χ3v) is 4.64. The molecule has 0 unspecified atom stereocenters. The molecule has 1 aliphatic heterocycles. The Morgan fingerprint density at radius 2 is 1.89 bits per heavy atom. The Balaban J connectivity index is 2.42. The molecule has 0 saturated carbocycles. The molecule has 1 atom stereocenters. The summed E-state index contributed by atoms with van der Waals surface area (Å²) >= 11 is 0. The van der Waals surface area contributed by atoms with Crippen molar-refractivity contribution in [2.45, 2.75) is 12.8 Å². The number of nitrogens with two attached hydrogens (primary N) is 1. The molecule has 2 heterocycles. The molecule has 1 aromatic carbocycles. The monoisotopic (exact) mass is 387 g/mol. The van der Waals surface area contributed by atoms with Crippen molar-refractivity contribution in [3.8, 4) is 11.6 Å². The number of aromatic nitrogens is 2. The predicted molar refractivity (Wildman–Crippen MR) is 100 cm³/mol. The van der Waals surface area contributed by atoms with Crippen LogP contribution in [0.2, 0.25) is 0 Å². The summed E-state index contributed by atoms with van der Waals surface area (Å²) in [6.45, 7) is 1.78. The number of methoxy groups -OCH3 is 1. The van der Waals surface area contributed by atoms with E-state index in [2.05, 4.69) is 0 Å². The van der Waals surface area contributed by atoms with Crippen molar-refractivity contribution < 1.29 is 19.0 Å². The number of rotatable bonds is 4. The van der Waals surface area contributed by atoms with Crippen LogP contribution in [0.1, 0.15) is 24.0 Å². The van der Waals surface area contributed by atoms with E-state index >= 15 is 0 Å². The normalized spacial score (nSPS) is 15.6. The highest BCUT2D eigenvalue weighted by Crippen LogP contribution is 2.43. The second kappa shape index (κ2) is 7.26. The van der Waals surface area contributed by atoms with Gasteiger partial charge in [-0.05, 0) is 13.0 Å². The zero-order valence-corrected chi connectivity index (χ0v) is 16.0. The number of esters is 1. The average Bonchev–Trinajstić information content (AvgIpc) is 2.69. The lowest BCUT2D eigenvalue weighted by atomic mass is 9.84. The maximum absolute atomic E-state index is 13.0. The van der Waals surface area contributed by atoms with E-state index in [1.807, 2.05) is 0 Å². The van der Waals surface area contributed by atoms with Crippen molar-refractivity contribution in [2.75, 3.05) is 13.7 Å². The van der Waals surface area contributed by atoms with Crippen molar-refractivity contribution in [2.24, 2.45) is 19.8 Å². The number of benzene rings is 1. The van der Waals surface area contributed by atoms with Crippen LogP contribution < -0.4 is 26.5 Å². The summed E-state index contributed by atoms with van der Waals surface area (Å²) in [6.07, 6.45) is 0. The van der Waals surface area contributed by atoms with Gasteiger partial charge in [0.05, 0.1) is 25.2 Å². The van der Waals surface area contributed by atoms with Gasteiger partial charge in [-0.2, -0.15) is 0 Å². The summed E-state index contributed by atoms with van der Waals surface area (Å²) in [5.41, 5.74) is 5.48. The second-order valence-corrected chi connectivity index (χ2v) is 6.20. The van der Waals surface area contributed by atoms with Crippen LogP contribution in [0.3, 0.4) is 0 Å². The average molecular weight is 387 g/mol. The third-order valence-electron chi connectivity index (χ3n) is 4.64. The first-order valence-corrected chi connectivity index (χ1v) is 8.60. The van der Waals surface area contributed by atoms with Crippen LogP contribution in [0.4, 0.5) is 0 Å². The van der Waals surface area contributed by atoms with E-state index in [1.54, 1.807) is 31.2 Å². The number of carbonyl (C=O) groups is 1. The molecule has 3 rings (SSSR count). The number of nitrogens with zero attached hydrogens (tertiary/aromatic N) is 2. The number of hydrogen-bond donors (Lipinski definition) is 1. The van der Waals surface area contributed by atoms with Gasteiger partial charge in [0.25, 0.3) is 5.56 Å². The minimum absolute atomic E-state index is 0.0189. The van der Waals surface area contributed by atoms with Crippen LogP contribution in [0, 0.1) is 0 Å². The Morgan fingerprint density at radius 1 is 1.21 bits per heavy atom. The molecule has 0 fully saturated rings. The number of hydrogen-bond acceptors (Lipinski definition) is 7. The Bertz CT molecular complexity index is 1100. The molecule has 2 N–H and O–H groups in total. The van der Waals surface area contributed by atoms with Crippen molar-refractivity contribution in [1.82, 2.24) is 9.13 Å². The molecule has 0 radical (unpaired) electrons. The van der Waals surface area contributed by atoms with Gasteiger partial charge in [-0.1, -0.05) is 18.2 Å². The lowest BCUT2D eigenvalue weighted by molar-refractivity contribution is -0.139. The maximum atomic E-state index is 13.0. The molecular formula is C19H21N3O6. The summed E-state index contributed by atoms with van der Waals surface area (Å²) in [5, 5.41) is 0. The Kier molecular flexibility index (Phi) is 5.00. The quantitative estimate of drug-likeness (QED) is 0.753. The highest BCUT2D eigenvalue weighted by Gasteiger charge is 2.40. The smallest absolute Gasteiger partial charge is 0.340 e. The molecule has 0 amide bonds. The van der Waals surface area contributed by atoms with E-state index in [-0.39, 0.29) is 29.5 Å². The third kappa shape index (κ3) is 2.84. The minimum atomic E-state index is -0.926. The molecule has 2 aromatic rings. The van der Waals surface area contributed by atoms with E-state index in [1.165, 1.54) is 25.8 Å². The molecule has 9 nitrogen and oxygen atoms in total. The number of carbonyl (C=O) groups excluding carboxylic acids is 1. The van der Waals surface area contributed by atoms with Gasteiger partial charge in [0.15, 0.2) is 0 Å². The number of fused-ring (bicyclic) bond motifs is 1. The van der Waals surface area contributed by atoms with Crippen molar-refractivity contribution in [3.63, 3.8) is 0 Å². The SMILES string of the molecule is CCOC(=O)C1=C(N)Oc2c(c(=O)n(C)c(=O)n2C)[C@@H]1c1ccccc1OC. The van der Waals surface area contributed by atoms with E-state index < -0.39 is 23.1 Å². The molecule has 0 aliphatic carbocycles. The van der Waals surface area contributed by atoms with Gasteiger partial charge in [-0.15, -0.1) is 0 Å². The second-order valence-electron chi connectivity index (χ2n) is 6.20. The summed E-state index contributed by atoms with van der Waals surface area (Å²) in [6, 6.07) is 6.93. The molecule has 1 aliphatic rings. The van der Waals surface area contributed by atoms with Gasteiger partial charge in [0.2, 0.25) is 11.8 Å². The minimum Gasteiger partial charge on any atom is -0.496 e. The van der Waals surface area contributed by atoms with Crippen LogP contribution in [0.15, 0.2) is 45.3 Å². The lowest BCUT2D eigenvalue weighted by Gasteiger charge is -2.29. The Morgan fingerprint density at radius 3 is 2.54 bits per heavy atom. The van der Waals surface area contributed by atoms with Crippen LogP contribution in [-0.4, -0.2) is 28.8 Å². The molecule has 0 bridgehead atoms. The summed E-state index contributed by atoms with van der Waals surface area (Å²) in [4.78, 5) is 38.0. The fourth-order valence-electron chi connectivity index (χ4n) is 3.31. The molecule has 148 valence electrons. The summed E-state index contributed by atoms with van der Waals surface area (Å²) in [7, 11) is 4.30. The van der Waals surface area contributed by atoms with E-state index in [0.717, 1.165) is 4.57 Å². The first-order valence-electron chi connectivity index (χ1n) is 8.60. The zero-order chi connectivity index (χ0) is 20.6. The molecule has 0 saturated heterocycles. The van der Waals surface area contributed by atoms with Gasteiger partial charge in [-0.3, -0.25) is 13.9 Å². The highest BCUT2D eigenvalue weighted by molar-refractivity contribution is 5.92. The van der Waals surface area contributed by atoms with Crippen molar-refractivity contribution in [1.29, 1.82) is 0 Å². The van der Waals surface area contributed by atoms with Gasteiger partial charge in [0, 0.05) is 19.7 Å².